The maximum Gasteiger partial charge on any atom is 0.406 e. The summed E-state index contributed by atoms with van der Waals surface area (Å²) >= 11 is 1.15. The van der Waals surface area contributed by atoms with Crippen LogP contribution in [0.1, 0.15) is 11.4 Å². The van der Waals surface area contributed by atoms with E-state index >= 15 is 0 Å². The molecule has 18 heavy (non-hydrogen) atoms. The van der Waals surface area contributed by atoms with Crippen molar-refractivity contribution in [2.24, 2.45) is 5.41 Å². The Morgan fingerprint density at radius 1 is 1.50 bits per heavy atom. The van der Waals surface area contributed by atoms with Crippen LogP contribution in [0.2, 0.25) is 0 Å². The Morgan fingerprint density at radius 3 is 2.56 bits per heavy atom. The highest BCUT2D eigenvalue weighted by molar-refractivity contribution is 7.15. The number of hydrogen-bond donors (Lipinski definition) is 1. The van der Waals surface area contributed by atoms with Gasteiger partial charge in [-0.2, -0.15) is 13.2 Å². The molecular weight excluding hydrogens is 271 g/mol. The fourth-order valence-electron chi connectivity index (χ4n) is 1.91. The second-order valence-electron chi connectivity index (χ2n) is 4.16. The highest BCUT2D eigenvalue weighted by Crippen LogP contribution is 2.46. The number of aromatic nitrogens is 2. The van der Waals surface area contributed by atoms with Crippen molar-refractivity contribution in [3.05, 3.63) is 5.01 Å². The number of nitrogens with zero attached hydrogens (tertiary/aromatic N) is 3. The van der Waals surface area contributed by atoms with Crippen molar-refractivity contribution >= 4 is 22.4 Å². The van der Waals surface area contributed by atoms with E-state index in [4.69, 9.17) is 5.11 Å². The van der Waals surface area contributed by atoms with Gasteiger partial charge in [-0.1, -0.05) is 11.3 Å². The van der Waals surface area contributed by atoms with Crippen molar-refractivity contribution in [1.29, 1.82) is 0 Å². The van der Waals surface area contributed by atoms with Gasteiger partial charge in [-0.15, -0.1) is 10.2 Å². The van der Waals surface area contributed by atoms with E-state index in [0.29, 0.717) is 10.1 Å². The predicted octanol–water partition coefficient (Wildman–Crippen LogP) is 1.69. The van der Waals surface area contributed by atoms with Crippen LogP contribution < -0.4 is 4.90 Å². The van der Waals surface area contributed by atoms with E-state index in [1.165, 1.54) is 4.90 Å². The van der Waals surface area contributed by atoms with Crippen LogP contribution in [0.25, 0.3) is 0 Å². The number of carboxylic acids is 1. The Hall–Kier alpha value is -1.38. The van der Waals surface area contributed by atoms with Gasteiger partial charge in [0.25, 0.3) is 0 Å². The molecule has 0 saturated carbocycles. The summed E-state index contributed by atoms with van der Waals surface area (Å²) in [7, 11) is 0. The zero-order chi connectivity index (χ0) is 13.6. The predicted molar refractivity (Wildman–Crippen MR) is 57.6 cm³/mol. The van der Waals surface area contributed by atoms with Gasteiger partial charge in [0.2, 0.25) is 5.13 Å². The van der Waals surface area contributed by atoms with Crippen LogP contribution in [0.15, 0.2) is 0 Å². The number of anilines is 1. The lowest BCUT2D eigenvalue weighted by molar-refractivity contribution is -0.225. The first-order valence-electron chi connectivity index (χ1n) is 5.11. The number of alkyl halides is 3. The monoisotopic (exact) mass is 281 g/mol. The summed E-state index contributed by atoms with van der Waals surface area (Å²) in [6, 6.07) is 0. The molecule has 1 N–H and O–H groups in total. The molecular formula is C9H10F3N3O2S. The van der Waals surface area contributed by atoms with Gasteiger partial charge in [-0.25, -0.2) is 0 Å². The Labute approximate surface area is 104 Å². The number of aryl methyl sites for hydroxylation is 1. The SMILES string of the molecule is Cc1nnc(N2CCC(C(=O)O)(C(F)(F)F)C2)s1. The van der Waals surface area contributed by atoms with Crippen LogP contribution in [0.4, 0.5) is 18.3 Å². The van der Waals surface area contributed by atoms with E-state index in [-0.39, 0.29) is 6.54 Å². The van der Waals surface area contributed by atoms with Crippen molar-refractivity contribution in [3.63, 3.8) is 0 Å². The van der Waals surface area contributed by atoms with Gasteiger partial charge >= 0.3 is 12.1 Å². The average Bonchev–Trinajstić information content (AvgIpc) is 2.82. The minimum absolute atomic E-state index is 0.0143. The van der Waals surface area contributed by atoms with Crippen molar-refractivity contribution in [2.75, 3.05) is 18.0 Å². The lowest BCUT2D eigenvalue weighted by atomic mass is 9.86. The number of halogens is 3. The molecule has 1 aliphatic rings. The molecule has 0 bridgehead atoms. The highest BCUT2D eigenvalue weighted by atomic mass is 32.1. The zero-order valence-corrected chi connectivity index (χ0v) is 10.2. The minimum Gasteiger partial charge on any atom is -0.481 e. The maximum absolute atomic E-state index is 12.9. The molecule has 0 radical (unpaired) electrons. The molecule has 0 aliphatic carbocycles. The first-order valence-corrected chi connectivity index (χ1v) is 5.93. The molecule has 2 heterocycles. The summed E-state index contributed by atoms with van der Waals surface area (Å²) in [6.07, 6.45) is -5.24. The maximum atomic E-state index is 12.9. The quantitative estimate of drug-likeness (QED) is 0.893. The molecule has 1 atom stereocenters. The Kier molecular flexibility index (Phi) is 2.96. The summed E-state index contributed by atoms with van der Waals surface area (Å²) in [5, 5.41) is 17.3. The molecule has 0 amide bonds. The van der Waals surface area contributed by atoms with Gasteiger partial charge in [0.15, 0.2) is 5.41 Å². The molecule has 9 heteroatoms. The molecule has 1 unspecified atom stereocenters. The Morgan fingerprint density at radius 2 is 2.17 bits per heavy atom. The molecule has 1 aromatic rings. The van der Waals surface area contributed by atoms with Crippen LogP contribution in [0.3, 0.4) is 0 Å². The van der Waals surface area contributed by atoms with Crippen molar-refractivity contribution in [3.8, 4) is 0 Å². The number of aliphatic carboxylic acids is 1. The lowest BCUT2D eigenvalue weighted by Crippen LogP contribution is -2.47. The second-order valence-corrected chi connectivity index (χ2v) is 5.32. The summed E-state index contributed by atoms with van der Waals surface area (Å²) in [6.45, 7) is 1.09. The van der Waals surface area contributed by atoms with E-state index in [1.807, 2.05) is 0 Å². The Bertz CT molecular complexity index is 476. The van der Waals surface area contributed by atoms with E-state index in [2.05, 4.69) is 10.2 Å². The van der Waals surface area contributed by atoms with Crippen molar-refractivity contribution < 1.29 is 23.1 Å². The fourth-order valence-corrected chi connectivity index (χ4v) is 2.63. The zero-order valence-electron chi connectivity index (χ0n) is 9.36. The minimum atomic E-state index is -4.77. The van der Waals surface area contributed by atoms with Gasteiger partial charge in [0.1, 0.15) is 5.01 Å². The standard InChI is InChI=1S/C9H10F3N3O2S/c1-5-13-14-7(18-5)15-3-2-8(4-15,6(16)17)9(10,11)12/h2-4H2,1H3,(H,16,17). The van der Waals surface area contributed by atoms with E-state index in [1.54, 1.807) is 6.92 Å². The number of carbonyl (C=O) groups is 1. The molecule has 1 fully saturated rings. The van der Waals surface area contributed by atoms with Gasteiger partial charge in [-0.05, 0) is 13.3 Å². The third-order valence-corrected chi connectivity index (χ3v) is 3.91. The molecule has 1 aliphatic heterocycles. The summed E-state index contributed by atoms with van der Waals surface area (Å²) in [5.41, 5.74) is -2.70. The second kappa shape index (κ2) is 4.08. The third-order valence-electron chi connectivity index (χ3n) is 3.01. The van der Waals surface area contributed by atoms with Gasteiger partial charge in [0, 0.05) is 13.1 Å². The molecule has 1 saturated heterocycles. The number of rotatable bonds is 2. The number of hydrogen-bond acceptors (Lipinski definition) is 5. The van der Waals surface area contributed by atoms with Gasteiger partial charge in [-0.3, -0.25) is 4.79 Å². The van der Waals surface area contributed by atoms with Crippen LogP contribution in [0.5, 0.6) is 0 Å². The summed E-state index contributed by atoms with van der Waals surface area (Å²) in [4.78, 5) is 12.3. The summed E-state index contributed by atoms with van der Waals surface area (Å²) in [5.74, 6) is -1.83. The van der Waals surface area contributed by atoms with E-state index in [9.17, 15) is 18.0 Å². The molecule has 0 aromatic carbocycles. The van der Waals surface area contributed by atoms with Gasteiger partial charge in [0.05, 0.1) is 0 Å². The van der Waals surface area contributed by atoms with E-state index < -0.39 is 30.5 Å². The largest absolute Gasteiger partial charge is 0.481 e. The average molecular weight is 281 g/mol. The highest BCUT2D eigenvalue weighted by Gasteiger charge is 2.64. The Balaban J connectivity index is 2.27. The van der Waals surface area contributed by atoms with Crippen LogP contribution in [-0.2, 0) is 4.79 Å². The normalized spacial score (nSPS) is 24.6. The van der Waals surface area contributed by atoms with Crippen molar-refractivity contribution in [1.82, 2.24) is 10.2 Å². The molecule has 1 aromatic heterocycles. The van der Waals surface area contributed by atoms with Crippen molar-refractivity contribution in [2.45, 2.75) is 19.5 Å². The van der Waals surface area contributed by atoms with Crippen LogP contribution >= 0.6 is 11.3 Å². The lowest BCUT2D eigenvalue weighted by Gasteiger charge is -2.26. The van der Waals surface area contributed by atoms with E-state index in [0.717, 1.165) is 11.3 Å². The molecule has 5 nitrogen and oxygen atoms in total. The first kappa shape index (κ1) is 13.1. The smallest absolute Gasteiger partial charge is 0.406 e. The molecule has 2 rings (SSSR count). The third kappa shape index (κ3) is 1.92. The molecule has 0 spiro atoms. The topological polar surface area (TPSA) is 66.3 Å². The first-order chi connectivity index (χ1) is 8.26. The fraction of sp³-hybridized carbons (Fsp3) is 0.667. The van der Waals surface area contributed by atoms with Crippen LogP contribution in [-0.4, -0.2) is 40.5 Å². The summed E-state index contributed by atoms with van der Waals surface area (Å²) < 4.78 is 38.8. The molecule has 100 valence electrons. The number of carboxylic acid groups (broad SMARTS) is 1. The van der Waals surface area contributed by atoms with Gasteiger partial charge < -0.3 is 10.0 Å². The van der Waals surface area contributed by atoms with Crippen LogP contribution in [0, 0.1) is 12.3 Å².